The fourth-order valence-electron chi connectivity index (χ4n) is 4.76. The quantitative estimate of drug-likeness (QED) is 0.360. The van der Waals surface area contributed by atoms with E-state index in [0.717, 1.165) is 10.4 Å². The van der Waals surface area contributed by atoms with Crippen molar-refractivity contribution in [3.63, 3.8) is 0 Å². The van der Waals surface area contributed by atoms with Gasteiger partial charge in [-0.3, -0.25) is 14.4 Å². The SMILES string of the molecule is CC(C)CC(NC(=O)c1cc2cc(F)ccc2o1)C(=O)NC1CCC(C)N(S(=O)(=O)c2ccc(C(F)(F)F)cn2)CC1=O. The molecule has 10 nitrogen and oxygen atoms in total. The van der Waals surface area contributed by atoms with Crippen LogP contribution in [-0.4, -0.2) is 60.0 Å². The topological polar surface area (TPSA) is 139 Å². The lowest BCUT2D eigenvalue weighted by molar-refractivity contribution is -0.137. The van der Waals surface area contributed by atoms with Gasteiger partial charge in [0.25, 0.3) is 15.9 Å². The highest BCUT2D eigenvalue weighted by atomic mass is 32.2. The van der Waals surface area contributed by atoms with Crippen molar-refractivity contribution in [2.24, 2.45) is 5.92 Å². The number of fused-ring (bicyclic) bond motifs is 1. The van der Waals surface area contributed by atoms with E-state index in [1.807, 2.05) is 13.8 Å². The number of pyridine rings is 1. The second-order valence-corrected chi connectivity index (χ2v) is 12.7. The fourth-order valence-corrected chi connectivity index (χ4v) is 6.30. The molecule has 3 aromatic rings. The lowest BCUT2D eigenvalue weighted by Crippen LogP contribution is -2.52. The number of nitrogens with zero attached hydrogens (tertiary/aromatic N) is 2. The van der Waals surface area contributed by atoms with Crippen molar-refractivity contribution in [3.05, 3.63) is 59.7 Å². The first-order valence-corrected chi connectivity index (χ1v) is 14.9. The number of amides is 2. The summed E-state index contributed by atoms with van der Waals surface area (Å²) in [6.07, 6.45) is -3.87. The molecule has 15 heteroatoms. The molecule has 0 saturated carbocycles. The number of carbonyl (C=O) groups is 3. The number of hydrogen-bond donors (Lipinski definition) is 2. The maximum absolute atomic E-state index is 13.5. The summed E-state index contributed by atoms with van der Waals surface area (Å²) in [5.41, 5.74) is -0.841. The first-order valence-electron chi connectivity index (χ1n) is 13.4. The molecule has 2 aromatic heterocycles. The molecule has 1 aliphatic heterocycles. The number of sulfonamides is 1. The molecule has 3 unspecified atom stereocenters. The van der Waals surface area contributed by atoms with E-state index < -0.39 is 74.9 Å². The van der Waals surface area contributed by atoms with Crippen molar-refractivity contribution in [1.29, 1.82) is 0 Å². The number of rotatable bonds is 8. The zero-order valence-electron chi connectivity index (χ0n) is 23.4. The summed E-state index contributed by atoms with van der Waals surface area (Å²) in [5.74, 6) is -2.74. The highest BCUT2D eigenvalue weighted by Crippen LogP contribution is 2.30. The summed E-state index contributed by atoms with van der Waals surface area (Å²) >= 11 is 0. The van der Waals surface area contributed by atoms with Crippen molar-refractivity contribution in [2.45, 2.75) is 69.4 Å². The van der Waals surface area contributed by atoms with E-state index in [-0.39, 0.29) is 36.5 Å². The number of benzene rings is 1. The smallest absolute Gasteiger partial charge is 0.417 e. The molecule has 0 bridgehead atoms. The van der Waals surface area contributed by atoms with Crippen LogP contribution in [0.25, 0.3) is 11.0 Å². The Kier molecular flexibility index (Phi) is 9.25. The van der Waals surface area contributed by atoms with E-state index >= 15 is 0 Å². The summed E-state index contributed by atoms with van der Waals surface area (Å²) in [4.78, 5) is 42.9. The van der Waals surface area contributed by atoms with E-state index in [4.69, 9.17) is 4.42 Å². The van der Waals surface area contributed by atoms with Crippen LogP contribution in [0.15, 0.2) is 52.0 Å². The minimum absolute atomic E-state index is 0.0532. The largest absolute Gasteiger partial charge is 0.451 e. The molecule has 1 aliphatic rings. The Balaban J connectivity index is 1.47. The molecule has 3 heterocycles. The molecule has 2 N–H and O–H groups in total. The first-order chi connectivity index (χ1) is 20.1. The molecule has 4 rings (SSSR count). The number of ketones is 1. The van der Waals surface area contributed by atoms with E-state index in [1.54, 1.807) is 6.92 Å². The van der Waals surface area contributed by atoms with Crippen LogP contribution in [-0.2, 0) is 25.8 Å². The van der Waals surface area contributed by atoms with Crippen LogP contribution in [0.5, 0.6) is 0 Å². The van der Waals surface area contributed by atoms with E-state index in [0.29, 0.717) is 17.6 Å². The Bertz CT molecular complexity index is 1620. The van der Waals surface area contributed by atoms with Crippen LogP contribution in [0.2, 0.25) is 0 Å². The Morgan fingerprint density at radius 2 is 1.86 bits per heavy atom. The minimum Gasteiger partial charge on any atom is -0.451 e. The first kappa shape index (κ1) is 32.1. The Hall–Kier alpha value is -3.85. The zero-order valence-corrected chi connectivity index (χ0v) is 24.3. The molecule has 1 aromatic carbocycles. The summed E-state index contributed by atoms with van der Waals surface area (Å²) < 4.78 is 85.0. The van der Waals surface area contributed by atoms with Crippen molar-refractivity contribution in [2.75, 3.05) is 6.54 Å². The molecule has 3 atom stereocenters. The molecule has 43 heavy (non-hydrogen) atoms. The molecule has 0 radical (unpaired) electrons. The minimum atomic E-state index is -4.70. The molecule has 232 valence electrons. The van der Waals surface area contributed by atoms with Crippen LogP contribution < -0.4 is 10.6 Å². The third kappa shape index (κ3) is 7.39. The number of Topliss-reactive ketones (excluding diaryl/α,β-unsaturated/α-hetero) is 1. The predicted octanol–water partition coefficient (Wildman–Crippen LogP) is 4.06. The second-order valence-electron chi connectivity index (χ2n) is 10.8. The standard InChI is InChI=1S/C28H30F4N4O6S/c1-15(2)10-21(35-27(39)24-12-17-11-19(29)6-8-23(17)42-24)26(38)34-20-7-4-16(3)36(14-22(20)37)43(40,41)25-9-5-18(13-33-25)28(30,31)32/h5-6,8-9,11-13,15-16,20-21H,4,7,10,14H2,1-3H3,(H,34,38)(H,35,39). The van der Waals surface area contributed by atoms with Crippen LogP contribution in [0, 0.1) is 11.7 Å². The Labute approximate surface area is 244 Å². The average molecular weight is 627 g/mol. The second kappa shape index (κ2) is 12.4. The number of nitrogens with one attached hydrogen (secondary N) is 2. The Morgan fingerprint density at radius 1 is 1.14 bits per heavy atom. The lowest BCUT2D eigenvalue weighted by Gasteiger charge is -2.25. The monoisotopic (exact) mass is 626 g/mol. The van der Waals surface area contributed by atoms with Gasteiger partial charge in [-0.1, -0.05) is 13.8 Å². The molecular formula is C28H30F4N4O6S. The molecule has 1 fully saturated rings. The van der Waals surface area contributed by atoms with Crippen LogP contribution >= 0.6 is 0 Å². The third-order valence-electron chi connectivity index (χ3n) is 7.05. The predicted molar refractivity (Wildman–Crippen MR) is 146 cm³/mol. The van der Waals surface area contributed by atoms with Crippen molar-refractivity contribution in [1.82, 2.24) is 19.9 Å². The van der Waals surface area contributed by atoms with Crippen LogP contribution in [0.4, 0.5) is 17.6 Å². The van der Waals surface area contributed by atoms with Crippen molar-refractivity contribution < 1.29 is 44.8 Å². The van der Waals surface area contributed by atoms with E-state index in [2.05, 4.69) is 15.6 Å². The number of hydrogen-bond acceptors (Lipinski definition) is 7. The van der Waals surface area contributed by atoms with Gasteiger partial charge in [0.2, 0.25) is 5.91 Å². The van der Waals surface area contributed by atoms with Gasteiger partial charge in [0.05, 0.1) is 18.2 Å². The summed E-state index contributed by atoms with van der Waals surface area (Å²) in [7, 11) is -4.44. The third-order valence-corrected chi connectivity index (χ3v) is 8.93. The molecule has 0 spiro atoms. The number of halogens is 4. The van der Waals surface area contributed by atoms with Gasteiger partial charge < -0.3 is 15.1 Å². The van der Waals surface area contributed by atoms with Crippen molar-refractivity contribution in [3.8, 4) is 0 Å². The number of alkyl halides is 3. The number of carbonyl (C=O) groups excluding carboxylic acids is 3. The van der Waals surface area contributed by atoms with E-state index in [1.165, 1.54) is 24.3 Å². The highest BCUT2D eigenvalue weighted by molar-refractivity contribution is 7.89. The number of aromatic nitrogens is 1. The summed E-state index contributed by atoms with van der Waals surface area (Å²) in [6.45, 7) is 4.55. The lowest BCUT2D eigenvalue weighted by atomic mass is 10.0. The van der Waals surface area contributed by atoms with Gasteiger partial charge in [0.1, 0.15) is 17.4 Å². The van der Waals surface area contributed by atoms with Gasteiger partial charge in [-0.15, -0.1) is 0 Å². The average Bonchev–Trinajstić information content (AvgIpc) is 3.29. The van der Waals surface area contributed by atoms with Crippen LogP contribution in [0.1, 0.15) is 56.2 Å². The Morgan fingerprint density at radius 3 is 2.49 bits per heavy atom. The molecule has 1 saturated heterocycles. The molecular weight excluding hydrogens is 596 g/mol. The van der Waals surface area contributed by atoms with Gasteiger partial charge in [0.15, 0.2) is 16.6 Å². The van der Waals surface area contributed by atoms with E-state index in [9.17, 15) is 40.4 Å². The normalized spacial score (nSPS) is 19.3. The summed E-state index contributed by atoms with van der Waals surface area (Å²) in [5, 5.41) is 4.93. The van der Waals surface area contributed by atoms with Gasteiger partial charge in [-0.2, -0.15) is 17.5 Å². The fraction of sp³-hybridized carbons (Fsp3) is 0.429. The summed E-state index contributed by atoms with van der Waals surface area (Å²) in [6, 6.07) is 3.52. The molecule has 0 aliphatic carbocycles. The maximum atomic E-state index is 13.5. The van der Waals surface area contributed by atoms with Gasteiger partial charge >= 0.3 is 6.18 Å². The van der Waals surface area contributed by atoms with Gasteiger partial charge in [0, 0.05) is 17.6 Å². The van der Waals surface area contributed by atoms with Gasteiger partial charge in [-0.05, 0) is 68.5 Å². The maximum Gasteiger partial charge on any atom is 0.417 e. The number of furan rings is 1. The van der Waals surface area contributed by atoms with Gasteiger partial charge in [-0.25, -0.2) is 17.8 Å². The molecule has 2 amide bonds. The zero-order chi connectivity index (χ0) is 31.7. The van der Waals surface area contributed by atoms with Crippen molar-refractivity contribution >= 4 is 38.6 Å². The van der Waals surface area contributed by atoms with Crippen LogP contribution in [0.3, 0.4) is 0 Å². The highest BCUT2D eigenvalue weighted by Gasteiger charge is 2.39.